The van der Waals surface area contributed by atoms with E-state index in [0.29, 0.717) is 5.56 Å². The van der Waals surface area contributed by atoms with Crippen molar-refractivity contribution in [2.75, 3.05) is 0 Å². The van der Waals surface area contributed by atoms with Gasteiger partial charge in [-0.15, -0.1) is 0 Å². The minimum Gasteiger partial charge on any atom is -0.459 e. The number of nitrogens with one attached hydrogen (secondary N) is 1. The molecule has 3 aromatic rings. The molecule has 0 aliphatic rings. The average molecular weight is 376 g/mol. The highest BCUT2D eigenvalue weighted by molar-refractivity contribution is 5.97. The van der Waals surface area contributed by atoms with Gasteiger partial charge in [0.25, 0.3) is 5.91 Å². The van der Waals surface area contributed by atoms with Crippen molar-refractivity contribution in [3.8, 4) is 0 Å². The number of amides is 1. The Morgan fingerprint density at radius 2 is 1.82 bits per heavy atom. The number of hydrogen-bond acceptors (Lipinski definition) is 4. The maximum Gasteiger partial charge on any atom is 0.329 e. The maximum atomic E-state index is 12.7. The SMILES string of the molecule is Cc1cccc(C(=O)N[C@H](C(=O)OCc2cccc3cccnc23)C(C)C)c1. The summed E-state index contributed by atoms with van der Waals surface area (Å²) < 4.78 is 5.53. The van der Waals surface area contributed by atoms with Gasteiger partial charge in [0, 0.05) is 22.7 Å². The number of benzene rings is 2. The first-order valence-electron chi connectivity index (χ1n) is 9.32. The summed E-state index contributed by atoms with van der Waals surface area (Å²) >= 11 is 0. The van der Waals surface area contributed by atoms with Crippen LogP contribution in [0.3, 0.4) is 0 Å². The highest BCUT2D eigenvalue weighted by atomic mass is 16.5. The lowest BCUT2D eigenvalue weighted by Crippen LogP contribution is -2.45. The number of aromatic nitrogens is 1. The zero-order valence-corrected chi connectivity index (χ0v) is 16.3. The van der Waals surface area contributed by atoms with Gasteiger partial charge in [0.1, 0.15) is 12.6 Å². The van der Waals surface area contributed by atoms with E-state index in [-0.39, 0.29) is 18.4 Å². The van der Waals surface area contributed by atoms with Gasteiger partial charge < -0.3 is 10.1 Å². The fourth-order valence-electron chi connectivity index (χ4n) is 3.03. The first-order valence-corrected chi connectivity index (χ1v) is 9.32. The van der Waals surface area contributed by atoms with Gasteiger partial charge in [-0.05, 0) is 31.0 Å². The molecule has 5 heteroatoms. The number of fused-ring (bicyclic) bond motifs is 1. The number of aryl methyl sites for hydroxylation is 1. The summed E-state index contributed by atoms with van der Waals surface area (Å²) in [7, 11) is 0. The van der Waals surface area contributed by atoms with E-state index in [1.165, 1.54) is 0 Å². The third-order valence-electron chi connectivity index (χ3n) is 4.57. The maximum absolute atomic E-state index is 12.7. The molecule has 0 radical (unpaired) electrons. The van der Waals surface area contributed by atoms with Gasteiger partial charge in [0.2, 0.25) is 0 Å². The van der Waals surface area contributed by atoms with Crippen LogP contribution >= 0.6 is 0 Å². The predicted molar refractivity (Wildman–Crippen MR) is 109 cm³/mol. The summed E-state index contributed by atoms with van der Waals surface area (Å²) in [4.78, 5) is 29.6. The Kier molecular flexibility index (Phi) is 6.04. The van der Waals surface area contributed by atoms with Gasteiger partial charge in [-0.1, -0.05) is 55.8 Å². The van der Waals surface area contributed by atoms with Crippen molar-refractivity contribution >= 4 is 22.8 Å². The molecule has 1 aromatic heterocycles. The number of ether oxygens (including phenoxy) is 1. The number of rotatable bonds is 6. The Balaban J connectivity index is 1.70. The van der Waals surface area contributed by atoms with E-state index in [1.54, 1.807) is 18.3 Å². The molecule has 144 valence electrons. The van der Waals surface area contributed by atoms with Crippen molar-refractivity contribution in [2.45, 2.75) is 33.4 Å². The van der Waals surface area contributed by atoms with E-state index in [4.69, 9.17) is 4.74 Å². The second-order valence-electron chi connectivity index (χ2n) is 7.16. The lowest BCUT2D eigenvalue weighted by molar-refractivity contribution is -0.148. The van der Waals surface area contributed by atoms with Gasteiger partial charge in [-0.25, -0.2) is 4.79 Å². The first kappa shape index (κ1) is 19.5. The molecule has 0 aliphatic carbocycles. The summed E-state index contributed by atoms with van der Waals surface area (Å²) in [5.41, 5.74) is 3.15. The molecule has 0 saturated carbocycles. The first-order chi connectivity index (χ1) is 13.5. The minimum absolute atomic E-state index is 0.105. The van der Waals surface area contributed by atoms with Crippen LogP contribution in [-0.4, -0.2) is 22.9 Å². The molecule has 1 atom stereocenters. The molecule has 0 saturated heterocycles. The Hall–Kier alpha value is -3.21. The lowest BCUT2D eigenvalue weighted by Gasteiger charge is -2.21. The van der Waals surface area contributed by atoms with Crippen LogP contribution in [0.15, 0.2) is 60.8 Å². The summed E-state index contributed by atoms with van der Waals surface area (Å²) in [6.45, 7) is 5.78. The molecule has 5 nitrogen and oxygen atoms in total. The van der Waals surface area contributed by atoms with E-state index in [2.05, 4.69) is 10.3 Å². The summed E-state index contributed by atoms with van der Waals surface area (Å²) in [5.74, 6) is -0.845. The molecule has 3 rings (SSSR count). The van der Waals surface area contributed by atoms with E-state index in [0.717, 1.165) is 22.0 Å². The van der Waals surface area contributed by atoms with Crippen molar-refractivity contribution in [1.29, 1.82) is 0 Å². The van der Waals surface area contributed by atoms with Gasteiger partial charge in [-0.3, -0.25) is 9.78 Å². The number of pyridine rings is 1. The molecule has 1 heterocycles. The Labute approximate surface area is 164 Å². The molecule has 0 aliphatic heterocycles. The van der Waals surface area contributed by atoms with Crippen molar-refractivity contribution < 1.29 is 14.3 Å². The van der Waals surface area contributed by atoms with Crippen molar-refractivity contribution in [3.63, 3.8) is 0 Å². The largest absolute Gasteiger partial charge is 0.459 e. The quantitative estimate of drug-likeness (QED) is 0.659. The average Bonchev–Trinajstić information content (AvgIpc) is 2.69. The highest BCUT2D eigenvalue weighted by Gasteiger charge is 2.26. The molecule has 1 N–H and O–H groups in total. The van der Waals surface area contributed by atoms with Crippen LogP contribution in [0.5, 0.6) is 0 Å². The molecule has 2 aromatic carbocycles. The van der Waals surface area contributed by atoms with Crippen LogP contribution in [-0.2, 0) is 16.1 Å². The van der Waals surface area contributed by atoms with Crippen molar-refractivity contribution in [2.24, 2.45) is 5.92 Å². The molecule has 28 heavy (non-hydrogen) atoms. The van der Waals surface area contributed by atoms with Crippen LogP contribution in [0.1, 0.15) is 35.3 Å². The Morgan fingerprint density at radius 1 is 1.07 bits per heavy atom. The van der Waals surface area contributed by atoms with Gasteiger partial charge in [0.05, 0.1) is 5.52 Å². The van der Waals surface area contributed by atoms with Crippen LogP contribution < -0.4 is 5.32 Å². The van der Waals surface area contributed by atoms with E-state index >= 15 is 0 Å². The number of hydrogen-bond donors (Lipinski definition) is 1. The fraction of sp³-hybridized carbons (Fsp3) is 0.261. The lowest BCUT2D eigenvalue weighted by atomic mass is 10.0. The molecule has 0 spiro atoms. The smallest absolute Gasteiger partial charge is 0.329 e. The topological polar surface area (TPSA) is 68.3 Å². The minimum atomic E-state index is -0.726. The van der Waals surface area contributed by atoms with Gasteiger partial charge >= 0.3 is 5.97 Å². The van der Waals surface area contributed by atoms with Crippen LogP contribution in [0.4, 0.5) is 0 Å². The number of para-hydroxylation sites is 1. The van der Waals surface area contributed by atoms with Gasteiger partial charge in [-0.2, -0.15) is 0 Å². The van der Waals surface area contributed by atoms with Gasteiger partial charge in [0.15, 0.2) is 0 Å². The molecule has 0 bridgehead atoms. The zero-order valence-electron chi connectivity index (χ0n) is 16.3. The Morgan fingerprint density at radius 3 is 2.57 bits per heavy atom. The molecule has 1 amide bonds. The van der Waals surface area contributed by atoms with E-state index in [9.17, 15) is 9.59 Å². The third-order valence-corrected chi connectivity index (χ3v) is 4.57. The number of carbonyl (C=O) groups excluding carboxylic acids is 2. The number of nitrogens with zero attached hydrogens (tertiary/aromatic N) is 1. The molecule has 0 fully saturated rings. The molecule has 0 unspecified atom stereocenters. The van der Waals surface area contributed by atoms with Crippen LogP contribution in [0.25, 0.3) is 10.9 Å². The van der Waals surface area contributed by atoms with Crippen molar-refractivity contribution in [1.82, 2.24) is 10.3 Å². The molecular formula is C23H24N2O3. The number of esters is 1. The Bertz CT molecular complexity index is 993. The summed E-state index contributed by atoms with van der Waals surface area (Å²) in [5, 5.41) is 3.79. The molecular weight excluding hydrogens is 352 g/mol. The van der Waals surface area contributed by atoms with Crippen LogP contribution in [0.2, 0.25) is 0 Å². The second-order valence-corrected chi connectivity index (χ2v) is 7.16. The number of carbonyl (C=O) groups is 2. The highest BCUT2D eigenvalue weighted by Crippen LogP contribution is 2.17. The normalized spacial score (nSPS) is 12.0. The van der Waals surface area contributed by atoms with Crippen LogP contribution in [0, 0.1) is 12.8 Å². The monoisotopic (exact) mass is 376 g/mol. The predicted octanol–water partition coefficient (Wildman–Crippen LogP) is 4.04. The van der Waals surface area contributed by atoms with E-state index in [1.807, 2.05) is 63.2 Å². The summed E-state index contributed by atoms with van der Waals surface area (Å²) in [6.07, 6.45) is 1.71. The van der Waals surface area contributed by atoms with Crippen molar-refractivity contribution in [3.05, 3.63) is 77.5 Å². The zero-order chi connectivity index (χ0) is 20.1. The second kappa shape index (κ2) is 8.65. The summed E-state index contributed by atoms with van der Waals surface area (Å²) in [6, 6.07) is 16.1. The fourth-order valence-corrected chi connectivity index (χ4v) is 3.03. The standard InChI is InChI=1S/C23H24N2O3/c1-15(2)20(25-22(26)18-9-4-7-16(3)13-18)23(27)28-14-19-10-5-8-17-11-6-12-24-21(17)19/h4-13,15,20H,14H2,1-3H3,(H,25,26)/t20-/m0/s1. The third kappa shape index (κ3) is 4.55. The van der Waals surface area contributed by atoms with E-state index < -0.39 is 12.0 Å².